The minimum absolute atomic E-state index is 0.401. The molecule has 7 nitrogen and oxygen atoms in total. The molecule has 0 saturated heterocycles. The van der Waals surface area contributed by atoms with Gasteiger partial charge in [-0.05, 0) is 41.5 Å². The van der Waals surface area contributed by atoms with E-state index in [1.54, 1.807) is 47.7 Å². The lowest BCUT2D eigenvalue weighted by atomic mass is 9.74. The lowest BCUT2D eigenvalue weighted by molar-refractivity contribution is -0.150. The number of carboxylic acids is 1. The minimum Gasteiger partial charge on any atom is -0.481 e. The van der Waals surface area contributed by atoms with Crippen molar-refractivity contribution in [3.05, 3.63) is 17.8 Å². The molecule has 0 aromatic carbocycles. The molecule has 0 saturated carbocycles. The topological polar surface area (TPSA) is 104 Å². The molecule has 1 aromatic rings. The summed E-state index contributed by atoms with van der Waals surface area (Å²) in [6, 6.07) is -0.889. The smallest absolute Gasteiger partial charge is 0.315 e. The van der Waals surface area contributed by atoms with Gasteiger partial charge >= 0.3 is 12.0 Å². The maximum absolute atomic E-state index is 12.0. The number of carbonyl (C=O) groups is 2. The standard InChI is InChI=1S/C14H23N3O4/c1-8-7-15-10(21-8)9(2)16-12(20)17-14(5,6)13(3,4)11(18)19/h7,9H,1-6H3,(H,18,19)(H2,16,17,20). The molecule has 7 heteroatoms. The van der Waals surface area contributed by atoms with Crippen LogP contribution in [0.1, 0.15) is 52.3 Å². The lowest BCUT2D eigenvalue weighted by Gasteiger charge is -2.38. The molecule has 3 N–H and O–H groups in total. The van der Waals surface area contributed by atoms with Gasteiger partial charge < -0.3 is 20.2 Å². The van der Waals surface area contributed by atoms with Crippen LogP contribution in [0.5, 0.6) is 0 Å². The number of rotatable bonds is 5. The van der Waals surface area contributed by atoms with Crippen LogP contribution in [0.2, 0.25) is 0 Å². The van der Waals surface area contributed by atoms with Crippen molar-refractivity contribution in [3.8, 4) is 0 Å². The van der Waals surface area contributed by atoms with Crippen molar-refractivity contribution in [2.24, 2.45) is 5.41 Å². The highest BCUT2D eigenvalue weighted by atomic mass is 16.4. The summed E-state index contributed by atoms with van der Waals surface area (Å²) in [6.07, 6.45) is 1.57. The Morgan fingerprint density at radius 3 is 2.33 bits per heavy atom. The van der Waals surface area contributed by atoms with Crippen molar-refractivity contribution < 1.29 is 19.1 Å². The predicted octanol–water partition coefficient (Wildman–Crippen LogP) is 2.23. The van der Waals surface area contributed by atoms with Crippen LogP contribution in [0.15, 0.2) is 10.6 Å². The molecule has 0 aliphatic carbocycles. The molecule has 0 fully saturated rings. The molecule has 0 spiro atoms. The Kier molecular flexibility index (Phi) is 4.65. The summed E-state index contributed by atoms with van der Waals surface area (Å²) in [5, 5.41) is 14.6. The quantitative estimate of drug-likeness (QED) is 0.773. The number of hydrogen-bond donors (Lipinski definition) is 3. The third-order valence-corrected chi connectivity index (χ3v) is 3.88. The Morgan fingerprint density at radius 1 is 1.33 bits per heavy atom. The molecule has 1 rings (SSSR count). The van der Waals surface area contributed by atoms with Crippen molar-refractivity contribution >= 4 is 12.0 Å². The number of aryl methyl sites for hydroxylation is 1. The summed E-state index contributed by atoms with van der Waals surface area (Å²) in [5.74, 6) is 0.0773. The molecule has 0 radical (unpaired) electrons. The second-order valence-electron chi connectivity index (χ2n) is 6.18. The number of amides is 2. The second kappa shape index (κ2) is 5.75. The van der Waals surface area contributed by atoms with Gasteiger partial charge in [-0.3, -0.25) is 4.79 Å². The normalized spacial score (nSPS) is 13.6. The van der Waals surface area contributed by atoms with Crippen LogP contribution in [-0.4, -0.2) is 27.6 Å². The maximum atomic E-state index is 12.0. The van der Waals surface area contributed by atoms with Crippen molar-refractivity contribution in [2.75, 3.05) is 0 Å². The highest BCUT2D eigenvalue weighted by molar-refractivity contribution is 5.79. The van der Waals surface area contributed by atoms with Gasteiger partial charge in [-0.15, -0.1) is 0 Å². The van der Waals surface area contributed by atoms with Gasteiger partial charge in [0.15, 0.2) is 0 Å². The van der Waals surface area contributed by atoms with Gasteiger partial charge in [0.25, 0.3) is 0 Å². The third kappa shape index (κ3) is 3.74. The minimum atomic E-state index is -1.12. The molecule has 0 aliphatic heterocycles. The van der Waals surface area contributed by atoms with Crippen molar-refractivity contribution in [2.45, 2.75) is 53.1 Å². The molecule has 1 heterocycles. The van der Waals surface area contributed by atoms with Crippen molar-refractivity contribution in [1.29, 1.82) is 0 Å². The van der Waals surface area contributed by atoms with Gasteiger partial charge in [0, 0.05) is 0 Å². The summed E-state index contributed by atoms with van der Waals surface area (Å²) in [4.78, 5) is 27.4. The number of urea groups is 1. The number of carbonyl (C=O) groups excluding carboxylic acids is 1. The summed E-state index contributed by atoms with van der Waals surface area (Å²) < 4.78 is 5.33. The van der Waals surface area contributed by atoms with Gasteiger partial charge in [-0.2, -0.15) is 0 Å². The second-order valence-corrected chi connectivity index (χ2v) is 6.18. The number of hydrogen-bond acceptors (Lipinski definition) is 4. The van der Waals surface area contributed by atoms with E-state index in [0.717, 1.165) is 0 Å². The van der Waals surface area contributed by atoms with Crippen LogP contribution in [0, 0.1) is 12.3 Å². The van der Waals surface area contributed by atoms with Gasteiger partial charge in [-0.25, -0.2) is 9.78 Å². The number of oxazole rings is 1. The first kappa shape index (κ1) is 17.0. The Bertz CT molecular complexity index is 534. The number of carboxylic acid groups (broad SMARTS) is 1. The van der Waals surface area contributed by atoms with E-state index in [4.69, 9.17) is 4.42 Å². The van der Waals surface area contributed by atoms with E-state index in [1.165, 1.54) is 0 Å². The number of nitrogens with one attached hydrogen (secondary N) is 2. The van der Waals surface area contributed by atoms with E-state index >= 15 is 0 Å². The number of aromatic nitrogens is 1. The highest BCUT2D eigenvalue weighted by Crippen LogP contribution is 2.30. The first-order valence-electron chi connectivity index (χ1n) is 6.72. The number of aliphatic carboxylic acids is 1. The van der Waals surface area contributed by atoms with E-state index in [9.17, 15) is 14.7 Å². The molecule has 21 heavy (non-hydrogen) atoms. The van der Waals surface area contributed by atoms with Crippen molar-refractivity contribution in [3.63, 3.8) is 0 Å². The first-order chi connectivity index (χ1) is 9.47. The van der Waals surface area contributed by atoms with E-state index < -0.39 is 29.0 Å². The summed E-state index contributed by atoms with van der Waals surface area (Å²) in [7, 11) is 0. The van der Waals surface area contributed by atoms with Gasteiger partial charge in [0.1, 0.15) is 11.8 Å². The highest BCUT2D eigenvalue weighted by Gasteiger charge is 2.44. The lowest BCUT2D eigenvalue weighted by Crippen LogP contribution is -2.59. The SMILES string of the molecule is Cc1cnc(C(C)NC(=O)NC(C)(C)C(C)(C)C(=O)O)o1. The average molecular weight is 297 g/mol. The fourth-order valence-corrected chi connectivity index (χ4v) is 1.57. The molecule has 2 amide bonds. The molecule has 1 unspecified atom stereocenters. The molecule has 1 atom stereocenters. The molecule has 0 bridgehead atoms. The Labute approximate surface area is 124 Å². The third-order valence-electron chi connectivity index (χ3n) is 3.88. The molecule has 1 aromatic heterocycles. The predicted molar refractivity (Wildman–Crippen MR) is 76.8 cm³/mol. The Balaban J connectivity index is 2.71. The van der Waals surface area contributed by atoms with Crippen LogP contribution >= 0.6 is 0 Å². The van der Waals surface area contributed by atoms with Gasteiger partial charge in [-0.1, -0.05) is 0 Å². The van der Waals surface area contributed by atoms with E-state index in [-0.39, 0.29) is 0 Å². The Hall–Kier alpha value is -2.05. The zero-order valence-electron chi connectivity index (χ0n) is 13.3. The van der Waals surface area contributed by atoms with Crippen LogP contribution in [0.25, 0.3) is 0 Å². The fourth-order valence-electron chi connectivity index (χ4n) is 1.57. The average Bonchev–Trinajstić information content (AvgIpc) is 2.74. The molecule has 118 valence electrons. The summed E-state index contributed by atoms with van der Waals surface area (Å²) >= 11 is 0. The first-order valence-corrected chi connectivity index (χ1v) is 6.72. The maximum Gasteiger partial charge on any atom is 0.315 e. The van der Waals surface area contributed by atoms with Crippen molar-refractivity contribution in [1.82, 2.24) is 15.6 Å². The Morgan fingerprint density at radius 2 is 1.90 bits per heavy atom. The van der Waals surface area contributed by atoms with Gasteiger partial charge in [0.05, 0.1) is 17.2 Å². The summed E-state index contributed by atoms with van der Waals surface area (Å²) in [5.41, 5.74) is -2.05. The molecule has 0 aliphatic rings. The number of nitrogens with zero attached hydrogens (tertiary/aromatic N) is 1. The largest absolute Gasteiger partial charge is 0.481 e. The van der Waals surface area contributed by atoms with Crippen LogP contribution in [0.3, 0.4) is 0 Å². The molecular formula is C14H23N3O4. The van der Waals surface area contributed by atoms with Crippen LogP contribution in [-0.2, 0) is 4.79 Å². The van der Waals surface area contributed by atoms with E-state index in [0.29, 0.717) is 11.7 Å². The van der Waals surface area contributed by atoms with Crippen LogP contribution in [0.4, 0.5) is 4.79 Å². The zero-order valence-corrected chi connectivity index (χ0v) is 13.3. The van der Waals surface area contributed by atoms with Gasteiger partial charge in [0.2, 0.25) is 5.89 Å². The zero-order chi connectivity index (χ0) is 16.4. The molecular weight excluding hydrogens is 274 g/mol. The van der Waals surface area contributed by atoms with E-state index in [1.807, 2.05) is 0 Å². The monoisotopic (exact) mass is 297 g/mol. The summed E-state index contributed by atoms with van der Waals surface area (Å²) in [6.45, 7) is 9.97. The van der Waals surface area contributed by atoms with Crippen LogP contribution < -0.4 is 10.6 Å². The van der Waals surface area contributed by atoms with E-state index in [2.05, 4.69) is 15.6 Å². The fraction of sp³-hybridized carbons (Fsp3) is 0.643.